The number of nitrogens with zero attached hydrogens (tertiary/aromatic N) is 1. The van der Waals surface area contributed by atoms with Gasteiger partial charge in [-0.1, -0.05) is 15.9 Å². The molecule has 1 saturated heterocycles. The number of hydrogen-bond donors (Lipinski definition) is 3. The minimum absolute atomic E-state index is 0.104. The molecule has 0 spiro atoms. The standard InChI is InChI=1S/C9H13BrFNO5/c10-3-6(13)2-9(7(14)15)1-5(11)4-12(9)8(16)17/h5-6,13H,1-4H2,(H,14,15)(H,16,17)/t5-,6?,9+/m0/s1. The van der Waals surface area contributed by atoms with Gasteiger partial charge < -0.3 is 15.3 Å². The van der Waals surface area contributed by atoms with E-state index in [1.54, 1.807) is 0 Å². The lowest BCUT2D eigenvalue weighted by molar-refractivity contribution is -0.150. The summed E-state index contributed by atoms with van der Waals surface area (Å²) in [5, 5.41) is 27.6. The van der Waals surface area contributed by atoms with Crippen molar-refractivity contribution in [1.82, 2.24) is 4.90 Å². The molecule has 3 atom stereocenters. The second-order valence-corrected chi connectivity index (χ2v) is 4.69. The molecule has 1 rings (SSSR count). The van der Waals surface area contributed by atoms with E-state index in [0.29, 0.717) is 4.90 Å². The van der Waals surface area contributed by atoms with Gasteiger partial charge in [-0.05, 0) is 0 Å². The number of rotatable bonds is 4. The molecule has 1 aliphatic heterocycles. The number of halogens is 2. The molecule has 1 amide bonds. The molecule has 8 heteroatoms. The molecule has 0 aromatic carbocycles. The molecule has 0 aliphatic carbocycles. The van der Waals surface area contributed by atoms with Crippen LogP contribution in [0, 0.1) is 0 Å². The molecular formula is C9H13BrFNO5. The third kappa shape index (κ3) is 2.68. The molecular weight excluding hydrogens is 301 g/mol. The zero-order valence-corrected chi connectivity index (χ0v) is 10.4. The van der Waals surface area contributed by atoms with E-state index in [1.807, 2.05) is 0 Å². The Hall–Kier alpha value is -0.890. The lowest BCUT2D eigenvalue weighted by Crippen LogP contribution is -2.54. The van der Waals surface area contributed by atoms with Gasteiger partial charge in [0.05, 0.1) is 12.6 Å². The lowest BCUT2D eigenvalue weighted by atomic mass is 9.89. The number of carboxylic acid groups (broad SMARTS) is 2. The number of aliphatic hydroxyl groups is 1. The van der Waals surface area contributed by atoms with Crippen molar-refractivity contribution in [1.29, 1.82) is 0 Å². The topological polar surface area (TPSA) is 98.1 Å². The van der Waals surface area contributed by atoms with Crippen molar-refractivity contribution in [2.24, 2.45) is 0 Å². The van der Waals surface area contributed by atoms with Crippen LogP contribution in [0.1, 0.15) is 12.8 Å². The number of aliphatic hydroxyl groups excluding tert-OH is 1. The van der Waals surface area contributed by atoms with Gasteiger partial charge in [0, 0.05) is 18.2 Å². The van der Waals surface area contributed by atoms with Gasteiger partial charge in [-0.3, -0.25) is 4.90 Å². The predicted octanol–water partition coefficient (Wildman–Crippen LogP) is 0.678. The number of hydrogen-bond acceptors (Lipinski definition) is 3. The molecule has 0 aromatic heterocycles. The summed E-state index contributed by atoms with van der Waals surface area (Å²) in [6.07, 6.45) is -4.82. The van der Waals surface area contributed by atoms with E-state index >= 15 is 0 Å². The quantitative estimate of drug-likeness (QED) is 0.663. The maximum atomic E-state index is 13.3. The molecule has 17 heavy (non-hydrogen) atoms. The Balaban J connectivity index is 3.04. The van der Waals surface area contributed by atoms with Gasteiger partial charge in [-0.2, -0.15) is 0 Å². The van der Waals surface area contributed by atoms with E-state index in [2.05, 4.69) is 15.9 Å². The van der Waals surface area contributed by atoms with Gasteiger partial charge in [0.15, 0.2) is 0 Å². The maximum Gasteiger partial charge on any atom is 0.408 e. The van der Waals surface area contributed by atoms with Crippen LogP contribution in [-0.2, 0) is 4.79 Å². The molecule has 1 heterocycles. The largest absolute Gasteiger partial charge is 0.479 e. The second-order valence-electron chi connectivity index (χ2n) is 4.04. The highest BCUT2D eigenvalue weighted by molar-refractivity contribution is 9.09. The number of aliphatic carboxylic acids is 1. The minimum atomic E-state index is -1.88. The number of alkyl halides is 2. The van der Waals surface area contributed by atoms with Gasteiger partial charge >= 0.3 is 12.1 Å². The Morgan fingerprint density at radius 3 is 2.53 bits per heavy atom. The van der Waals surface area contributed by atoms with Crippen molar-refractivity contribution < 1.29 is 29.3 Å². The SMILES string of the molecule is O=C(O)N1C[C@@H](F)C[C@@]1(CC(O)CBr)C(=O)O. The summed E-state index contributed by atoms with van der Waals surface area (Å²) in [6, 6.07) is 0. The summed E-state index contributed by atoms with van der Waals surface area (Å²) in [6.45, 7) is -0.476. The van der Waals surface area contributed by atoms with Crippen LogP contribution in [0.2, 0.25) is 0 Å². The average molecular weight is 314 g/mol. The summed E-state index contributed by atoms with van der Waals surface area (Å²) >= 11 is 2.96. The molecule has 98 valence electrons. The third-order valence-corrected chi connectivity index (χ3v) is 3.58. The second kappa shape index (κ2) is 5.18. The first kappa shape index (κ1) is 14.2. The van der Waals surface area contributed by atoms with Crippen LogP contribution in [0.5, 0.6) is 0 Å². The smallest absolute Gasteiger partial charge is 0.408 e. The van der Waals surface area contributed by atoms with Crippen LogP contribution in [0.3, 0.4) is 0 Å². The van der Waals surface area contributed by atoms with E-state index in [4.69, 9.17) is 10.2 Å². The molecule has 0 aromatic rings. The Morgan fingerprint density at radius 2 is 2.12 bits per heavy atom. The van der Waals surface area contributed by atoms with Gasteiger partial charge in [-0.25, -0.2) is 14.0 Å². The Kier molecular flexibility index (Phi) is 4.31. The normalized spacial score (nSPS) is 30.3. The Labute approximate surface area is 105 Å². The molecule has 1 aliphatic rings. The summed E-state index contributed by atoms with van der Waals surface area (Å²) in [5.41, 5.74) is -1.88. The maximum absolute atomic E-state index is 13.3. The molecule has 0 saturated carbocycles. The Morgan fingerprint density at radius 1 is 1.53 bits per heavy atom. The van der Waals surface area contributed by atoms with Crippen LogP contribution in [-0.4, -0.2) is 62.0 Å². The zero-order valence-electron chi connectivity index (χ0n) is 8.84. The van der Waals surface area contributed by atoms with Gasteiger partial charge in [-0.15, -0.1) is 0 Å². The van der Waals surface area contributed by atoms with Crippen molar-refractivity contribution in [3.05, 3.63) is 0 Å². The average Bonchev–Trinajstić information content (AvgIpc) is 2.56. The van der Waals surface area contributed by atoms with Crippen LogP contribution in [0.4, 0.5) is 9.18 Å². The van der Waals surface area contributed by atoms with Crippen molar-refractivity contribution in [3.63, 3.8) is 0 Å². The number of amides is 1. The first-order valence-corrected chi connectivity index (χ1v) is 6.07. The Bertz CT molecular complexity index is 329. The number of carboxylic acids is 1. The van der Waals surface area contributed by atoms with Crippen LogP contribution < -0.4 is 0 Å². The first-order valence-electron chi connectivity index (χ1n) is 4.95. The summed E-state index contributed by atoms with van der Waals surface area (Å²) in [5.74, 6) is -1.43. The summed E-state index contributed by atoms with van der Waals surface area (Å²) in [4.78, 5) is 22.7. The van der Waals surface area contributed by atoms with Crippen molar-refractivity contribution in [3.8, 4) is 0 Å². The van der Waals surface area contributed by atoms with Gasteiger partial charge in [0.2, 0.25) is 0 Å². The molecule has 0 bridgehead atoms. The highest BCUT2D eigenvalue weighted by Crippen LogP contribution is 2.36. The minimum Gasteiger partial charge on any atom is -0.479 e. The lowest BCUT2D eigenvalue weighted by Gasteiger charge is -2.33. The number of carbonyl (C=O) groups is 2. The number of likely N-dealkylation sites (tertiary alicyclic amines) is 1. The molecule has 3 N–H and O–H groups in total. The van der Waals surface area contributed by atoms with E-state index in [-0.39, 0.29) is 11.8 Å². The third-order valence-electron chi connectivity index (χ3n) is 2.84. The van der Waals surface area contributed by atoms with E-state index in [1.165, 1.54) is 0 Å². The fraction of sp³-hybridized carbons (Fsp3) is 0.778. The van der Waals surface area contributed by atoms with Crippen LogP contribution in [0.25, 0.3) is 0 Å². The highest BCUT2D eigenvalue weighted by Gasteiger charge is 2.55. The molecule has 1 fully saturated rings. The fourth-order valence-corrected chi connectivity index (χ4v) is 2.33. The van der Waals surface area contributed by atoms with Crippen molar-refractivity contribution in [2.45, 2.75) is 30.7 Å². The summed E-state index contributed by atoms with van der Waals surface area (Å²) in [7, 11) is 0. The zero-order chi connectivity index (χ0) is 13.2. The molecule has 6 nitrogen and oxygen atoms in total. The van der Waals surface area contributed by atoms with E-state index in [0.717, 1.165) is 0 Å². The molecule has 0 radical (unpaired) electrons. The first-order chi connectivity index (χ1) is 7.83. The van der Waals surface area contributed by atoms with Crippen LogP contribution >= 0.6 is 15.9 Å². The van der Waals surface area contributed by atoms with E-state index < -0.39 is 42.8 Å². The van der Waals surface area contributed by atoms with Gasteiger partial charge in [0.25, 0.3) is 0 Å². The van der Waals surface area contributed by atoms with Crippen molar-refractivity contribution >= 4 is 28.0 Å². The fourth-order valence-electron chi connectivity index (χ4n) is 2.10. The highest BCUT2D eigenvalue weighted by atomic mass is 79.9. The van der Waals surface area contributed by atoms with Crippen LogP contribution in [0.15, 0.2) is 0 Å². The molecule has 1 unspecified atom stereocenters. The monoisotopic (exact) mass is 313 g/mol. The van der Waals surface area contributed by atoms with Gasteiger partial charge in [0.1, 0.15) is 11.7 Å². The van der Waals surface area contributed by atoms with Crippen molar-refractivity contribution in [2.75, 3.05) is 11.9 Å². The summed E-state index contributed by atoms with van der Waals surface area (Å²) < 4.78 is 13.3. The van der Waals surface area contributed by atoms with E-state index in [9.17, 15) is 19.1 Å². The predicted molar refractivity (Wildman–Crippen MR) is 59.0 cm³/mol.